The Morgan fingerprint density at radius 1 is 0.875 bits per heavy atom. The van der Waals surface area contributed by atoms with Crippen molar-refractivity contribution in [3.8, 4) is 0 Å². The predicted molar refractivity (Wildman–Crippen MR) is 38.1 cm³/mol. The van der Waals surface area contributed by atoms with Crippen LogP contribution in [0.5, 0.6) is 0 Å². The highest BCUT2D eigenvalue weighted by Gasteiger charge is 2.26. The van der Waals surface area contributed by atoms with Crippen molar-refractivity contribution in [1.82, 2.24) is 0 Å². The molecule has 1 aliphatic carbocycles. The van der Waals surface area contributed by atoms with Crippen molar-refractivity contribution in [2.75, 3.05) is 0 Å². The molecule has 2 atom stereocenters. The van der Waals surface area contributed by atoms with E-state index >= 15 is 0 Å². The molecule has 2 unspecified atom stereocenters. The van der Waals surface area contributed by atoms with Gasteiger partial charge in [0.2, 0.25) is 0 Å². The van der Waals surface area contributed by atoms with Crippen LogP contribution in [0.4, 0.5) is 0 Å². The van der Waals surface area contributed by atoms with Crippen molar-refractivity contribution < 1.29 is 0 Å². The minimum absolute atomic E-state index is 0.0841. The first kappa shape index (κ1) is 6.73. The Hall–Kier alpha value is 0.610. The molecule has 46 valence electrons. The molecule has 0 saturated heterocycles. The number of hydrogen-bond donors (Lipinski definition) is 0. The Bertz CT molecular complexity index is 98.2. The molecule has 0 bridgehead atoms. The van der Waals surface area contributed by atoms with Gasteiger partial charge in [0.05, 0.1) is 16.1 Å². The third-order valence-corrected chi connectivity index (χ3v) is 2.72. The SMILES string of the molecule is ClC1C=CC(Cl)C1Cl. The second-order valence-electron chi connectivity index (χ2n) is 1.72. The van der Waals surface area contributed by atoms with Crippen molar-refractivity contribution >= 4 is 34.8 Å². The molecule has 0 heterocycles. The van der Waals surface area contributed by atoms with Gasteiger partial charge in [-0.3, -0.25) is 0 Å². The fourth-order valence-electron chi connectivity index (χ4n) is 0.600. The average Bonchev–Trinajstić information content (AvgIpc) is 1.98. The molecule has 0 aliphatic heterocycles. The van der Waals surface area contributed by atoms with Gasteiger partial charge in [-0.15, -0.1) is 34.8 Å². The maximum atomic E-state index is 5.69. The normalized spacial score (nSPS) is 45.6. The fraction of sp³-hybridized carbons (Fsp3) is 0.600. The molecule has 0 nitrogen and oxygen atoms in total. The van der Waals surface area contributed by atoms with E-state index in [1.54, 1.807) is 0 Å². The van der Waals surface area contributed by atoms with Crippen LogP contribution >= 0.6 is 34.8 Å². The number of hydrogen-bond acceptors (Lipinski definition) is 0. The zero-order chi connectivity index (χ0) is 6.15. The zero-order valence-electron chi connectivity index (χ0n) is 4.02. The van der Waals surface area contributed by atoms with Crippen LogP contribution in [0, 0.1) is 0 Å². The van der Waals surface area contributed by atoms with Crippen LogP contribution in [0.15, 0.2) is 12.2 Å². The summed E-state index contributed by atoms with van der Waals surface area (Å²) in [7, 11) is 0. The lowest BCUT2D eigenvalue weighted by Gasteiger charge is -2.06. The maximum absolute atomic E-state index is 5.69. The summed E-state index contributed by atoms with van der Waals surface area (Å²) in [6.07, 6.45) is 3.63. The van der Waals surface area contributed by atoms with Crippen molar-refractivity contribution in [2.24, 2.45) is 0 Å². The van der Waals surface area contributed by atoms with Crippen LogP contribution in [0.1, 0.15) is 0 Å². The molecule has 0 aromatic heterocycles. The summed E-state index contributed by atoms with van der Waals surface area (Å²) >= 11 is 17.0. The Morgan fingerprint density at radius 2 is 1.25 bits per heavy atom. The molecule has 3 heteroatoms. The molecular formula is C5H5Cl3. The topological polar surface area (TPSA) is 0 Å². The van der Waals surface area contributed by atoms with E-state index in [1.807, 2.05) is 12.2 Å². The molecule has 0 fully saturated rings. The van der Waals surface area contributed by atoms with Gasteiger partial charge >= 0.3 is 0 Å². The zero-order valence-corrected chi connectivity index (χ0v) is 6.29. The summed E-state index contributed by atoms with van der Waals surface area (Å²) in [5.74, 6) is 0. The highest BCUT2D eigenvalue weighted by molar-refractivity contribution is 6.37. The first-order valence-corrected chi connectivity index (χ1v) is 3.63. The van der Waals surface area contributed by atoms with Gasteiger partial charge in [0.25, 0.3) is 0 Å². The van der Waals surface area contributed by atoms with E-state index in [0.29, 0.717) is 0 Å². The molecule has 0 saturated carbocycles. The van der Waals surface area contributed by atoms with Gasteiger partial charge in [-0.05, 0) is 0 Å². The Labute approximate surface area is 63.4 Å². The van der Waals surface area contributed by atoms with E-state index in [1.165, 1.54) is 0 Å². The Morgan fingerprint density at radius 3 is 1.38 bits per heavy atom. The van der Waals surface area contributed by atoms with Crippen LogP contribution in [0.3, 0.4) is 0 Å². The number of allylic oxidation sites excluding steroid dienone is 2. The van der Waals surface area contributed by atoms with E-state index in [9.17, 15) is 0 Å². The third-order valence-electron chi connectivity index (χ3n) is 1.09. The van der Waals surface area contributed by atoms with E-state index in [2.05, 4.69) is 0 Å². The molecule has 1 rings (SSSR count). The molecule has 0 aromatic carbocycles. The molecule has 0 spiro atoms. The van der Waals surface area contributed by atoms with Crippen LogP contribution in [-0.2, 0) is 0 Å². The van der Waals surface area contributed by atoms with Crippen molar-refractivity contribution in [2.45, 2.75) is 16.1 Å². The third kappa shape index (κ3) is 1.12. The first-order chi connectivity index (χ1) is 3.72. The van der Waals surface area contributed by atoms with Gasteiger partial charge in [0.1, 0.15) is 0 Å². The van der Waals surface area contributed by atoms with Crippen LogP contribution in [0.25, 0.3) is 0 Å². The quantitative estimate of drug-likeness (QED) is 0.388. The Kier molecular flexibility index (Phi) is 2.07. The highest BCUT2D eigenvalue weighted by Crippen LogP contribution is 2.26. The van der Waals surface area contributed by atoms with Crippen LogP contribution < -0.4 is 0 Å². The lowest BCUT2D eigenvalue weighted by atomic mass is 10.3. The van der Waals surface area contributed by atoms with Gasteiger partial charge < -0.3 is 0 Å². The fourth-order valence-corrected chi connectivity index (χ4v) is 1.32. The van der Waals surface area contributed by atoms with Gasteiger partial charge in [0, 0.05) is 0 Å². The predicted octanol–water partition coefficient (Wildman–Crippen LogP) is 2.38. The molecule has 8 heavy (non-hydrogen) atoms. The summed E-state index contributed by atoms with van der Waals surface area (Å²) in [6, 6.07) is 0. The van der Waals surface area contributed by atoms with E-state index in [-0.39, 0.29) is 16.1 Å². The lowest BCUT2D eigenvalue weighted by Crippen LogP contribution is -2.15. The lowest BCUT2D eigenvalue weighted by molar-refractivity contribution is 0.952. The minimum atomic E-state index is -0.127. The molecule has 0 amide bonds. The number of halogens is 3. The summed E-state index contributed by atoms with van der Waals surface area (Å²) in [4.78, 5) is 0. The minimum Gasteiger partial charge on any atom is -0.119 e. The molecule has 0 radical (unpaired) electrons. The number of alkyl halides is 3. The molecule has 1 aliphatic rings. The van der Waals surface area contributed by atoms with E-state index < -0.39 is 0 Å². The van der Waals surface area contributed by atoms with Gasteiger partial charge in [-0.1, -0.05) is 12.2 Å². The standard InChI is InChI=1S/C5H5Cl3/c6-3-1-2-4(7)5(3)8/h1-5H. The van der Waals surface area contributed by atoms with Crippen molar-refractivity contribution in [3.05, 3.63) is 12.2 Å². The highest BCUT2D eigenvalue weighted by atomic mass is 35.5. The summed E-state index contributed by atoms with van der Waals surface area (Å²) in [6.45, 7) is 0. The second-order valence-corrected chi connectivity index (χ2v) is 3.23. The molecule has 0 aromatic rings. The van der Waals surface area contributed by atoms with Crippen molar-refractivity contribution in [3.63, 3.8) is 0 Å². The van der Waals surface area contributed by atoms with Gasteiger partial charge in [0.15, 0.2) is 0 Å². The van der Waals surface area contributed by atoms with Gasteiger partial charge in [-0.25, -0.2) is 0 Å². The van der Waals surface area contributed by atoms with Gasteiger partial charge in [-0.2, -0.15) is 0 Å². The smallest absolute Gasteiger partial charge is 0.0733 e. The second kappa shape index (κ2) is 2.47. The number of rotatable bonds is 0. The van der Waals surface area contributed by atoms with Crippen molar-refractivity contribution in [1.29, 1.82) is 0 Å². The Balaban J connectivity index is 2.55. The summed E-state index contributed by atoms with van der Waals surface area (Å²) in [5.41, 5.74) is 0. The largest absolute Gasteiger partial charge is 0.119 e. The van der Waals surface area contributed by atoms with E-state index in [0.717, 1.165) is 0 Å². The maximum Gasteiger partial charge on any atom is 0.0733 e. The molecular weight excluding hydrogens is 166 g/mol. The summed E-state index contributed by atoms with van der Waals surface area (Å²) < 4.78 is 0. The van der Waals surface area contributed by atoms with Crippen LogP contribution in [-0.4, -0.2) is 16.1 Å². The monoisotopic (exact) mass is 170 g/mol. The van der Waals surface area contributed by atoms with Crippen LogP contribution in [0.2, 0.25) is 0 Å². The summed E-state index contributed by atoms with van der Waals surface area (Å²) in [5, 5.41) is -0.295. The van der Waals surface area contributed by atoms with E-state index in [4.69, 9.17) is 34.8 Å². The average molecular weight is 171 g/mol. The molecule has 0 N–H and O–H groups in total. The first-order valence-electron chi connectivity index (χ1n) is 2.32.